The van der Waals surface area contributed by atoms with Crippen molar-refractivity contribution in [1.82, 2.24) is 0 Å². The lowest BCUT2D eigenvalue weighted by Gasteiger charge is -2.11. The van der Waals surface area contributed by atoms with Crippen LogP contribution in [0.3, 0.4) is 0 Å². The summed E-state index contributed by atoms with van der Waals surface area (Å²) in [5, 5.41) is 11.2. The lowest BCUT2D eigenvalue weighted by molar-refractivity contribution is -0.384. The second kappa shape index (κ2) is 7.16. The maximum absolute atomic E-state index is 11.2. The van der Waals surface area contributed by atoms with Crippen LogP contribution in [0.5, 0.6) is 0 Å². The van der Waals surface area contributed by atoms with Gasteiger partial charge in [-0.2, -0.15) is 0 Å². The Bertz CT molecular complexity index is 1110. The monoisotopic (exact) mass is 368 g/mol. The van der Waals surface area contributed by atoms with E-state index in [1.54, 1.807) is 12.1 Å². The second-order valence-electron chi connectivity index (χ2n) is 6.96. The molecule has 0 atom stereocenters. The largest absolute Gasteiger partial charge is 0.378 e. The highest BCUT2D eigenvalue weighted by Crippen LogP contribution is 2.45. The number of nitrogens with zero attached hydrogens (tertiary/aromatic N) is 2. The van der Waals surface area contributed by atoms with Crippen molar-refractivity contribution in [3.05, 3.63) is 106 Å². The molecule has 0 amide bonds. The molecule has 3 aromatic rings. The fourth-order valence-electron chi connectivity index (χ4n) is 3.52. The van der Waals surface area contributed by atoms with E-state index in [0.29, 0.717) is 0 Å². The molecule has 0 aliphatic heterocycles. The van der Waals surface area contributed by atoms with Crippen LogP contribution in [0.4, 0.5) is 11.4 Å². The van der Waals surface area contributed by atoms with Crippen molar-refractivity contribution in [1.29, 1.82) is 0 Å². The van der Waals surface area contributed by atoms with Gasteiger partial charge in [-0.1, -0.05) is 54.6 Å². The molecule has 3 aromatic carbocycles. The molecule has 4 rings (SSSR count). The lowest BCUT2D eigenvalue weighted by atomic mass is 10.0. The molecule has 0 aromatic heterocycles. The maximum Gasteiger partial charge on any atom is 0.270 e. The van der Waals surface area contributed by atoms with Gasteiger partial charge in [0.2, 0.25) is 0 Å². The zero-order valence-electron chi connectivity index (χ0n) is 15.8. The molecule has 0 heterocycles. The Hall–Kier alpha value is -3.66. The number of fused-ring (bicyclic) bond motifs is 3. The van der Waals surface area contributed by atoms with Crippen molar-refractivity contribution in [2.45, 2.75) is 0 Å². The summed E-state index contributed by atoms with van der Waals surface area (Å²) in [6.45, 7) is 0. The van der Waals surface area contributed by atoms with Crippen LogP contribution in [-0.4, -0.2) is 19.0 Å². The molecule has 0 saturated carbocycles. The van der Waals surface area contributed by atoms with Crippen LogP contribution in [0.2, 0.25) is 0 Å². The first-order valence-electron chi connectivity index (χ1n) is 9.09. The first kappa shape index (κ1) is 17.7. The molecule has 28 heavy (non-hydrogen) atoms. The summed E-state index contributed by atoms with van der Waals surface area (Å²) >= 11 is 0. The van der Waals surface area contributed by atoms with Crippen LogP contribution in [-0.2, 0) is 0 Å². The van der Waals surface area contributed by atoms with Crippen LogP contribution in [0.1, 0.15) is 16.7 Å². The third-order valence-corrected chi connectivity index (χ3v) is 4.97. The van der Waals surface area contributed by atoms with Gasteiger partial charge in [0.25, 0.3) is 5.69 Å². The summed E-state index contributed by atoms with van der Waals surface area (Å²) in [6, 6.07) is 21.5. The molecule has 4 nitrogen and oxygen atoms in total. The molecule has 0 N–H and O–H groups in total. The van der Waals surface area contributed by atoms with Gasteiger partial charge in [0, 0.05) is 31.9 Å². The molecule has 0 fully saturated rings. The summed E-state index contributed by atoms with van der Waals surface area (Å²) in [4.78, 5) is 12.9. The van der Waals surface area contributed by atoms with Crippen LogP contribution in [0.15, 0.2) is 78.9 Å². The van der Waals surface area contributed by atoms with Crippen molar-refractivity contribution in [3.63, 3.8) is 0 Å². The van der Waals surface area contributed by atoms with E-state index in [4.69, 9.17) is 0 Å². The number of non-ortho nitro benzene ring substituents is 1. The molecule has 1 aliphatic rings. The van der Waals surface area contributed by atoms with E-state index in [-0.39, 0.29) is 10.6 Å². The minimum atomic E-state index is -0.344. The summed E-state index contributed by atoms with van der Waals surface area (Å²) in [5.41, 5.74) is 7.54. The number of hydrogen-bond donors (Lipinski definition) is 0. The maximum atomic E-state index is 11.2. The first-order chi connectivity index (χ1) is 13.5. The predicted octanol–water partition coefficient (Wildman–Crippen LogP) is 5.79. The van der Waals surface area contributed by atoms with Crippen molar-refractivity contribution < 1.29 is 4.92 Å². The number of benzene rings is 3. The minimum Gasteiger partial charge on any atom is -0.378 e. The number of nitro groups is 1. The van der Waals surface area contributed by atoms with Gasteiger partial charge in [-0.05, 0) is 51.6 Å². The SMILES string of the molecule is CN(C)c1ccc(C=CC=C2c3ccccc3-c3ccc([N+](=O)[O-])cc32)cc1. The number of nitro benzene ring substituents is 1. The van der Waals surface area contributed by atoms with Gasteiger partial charge in [-0.25, -0.2) is 0 Å². The molecule has 138 valence electrons. The molecule has 4 heteroatoms. The smallest absolute Gasteiger partial charge is 0.270 e. The van der Waals surface area contributed by atoms with E-state index < -0.39 is 0 Å². The number of hydrogen-bond acceptors (Lipinski definition) is 3. The standard InChI is InChI=1S/C24H20N2O2/c1-25(2)18-12-10-17(11-13-18)6-5-9-22-20-7-3-4-8-21(20)23-15-14-19(26(27)28)16-24(22)23/h3-16H,1-2H3. The van der Waals surface area contributed by atoms with Gasteiger partial charge in [0.15, 0.2) is 0 Å². The predicted molar refractivity (Wildman–Crippen MR) is 115 cm³/mol. The molecule has 0 saturated heterocycles. The van der Waals surface area contributed by atoms with Gasteiger partial charge in [-0.3, -0.25) is 10.1 Å². The zero-order valence-corrected chi connectivity index (χ0v) is 15.8. The first-order valence-corrected chi connectivity index (χ1v) is 9.09. The summed E-state index contributed by atoms with van der Waals surface area (Å²) in [7, 11) is 4.03. The third kappa shape index (κ3) is 3.21. The third-order valence-electron chi connectivity index (χ3n) is 4.97. The van der Waals surface area contributed by atoms with Crippen LogP contribution < -0.4 is 4.90 Å². The van der Waals surface area contributed by atoms with E-state index in [0.717, 1.165) is 39.1 Å². The van der Waals surface area contributed by atoms with Crippen LogP contribution in [0, 0.1) is 10.1 Å². The van der Waals surface area contributed by atoms with E-state index in [2.05, 4.69) is 41.3 Å². The Morgan fingerprint density at radius 2 is 1.54 bits per heavy atom. The van der Waals surface area contributed by atoms with Gasteiger partial charge >= 0.3 is 0 Å². The van der Waals surface area contributed by atoms with Gasteiger partial charge < -0.3 is 4.90 Å². The Morgan fingerprint density at radius 1 is 0.857 bits per heavy atom. The number of anilines is 1. The highest BCUT2D eigenvalue weighted by atomic mass is 16.6. The average Bonchev–Trinajstić information content (AvgIpc) is 3.02. The zero-order chi connectivity index (χ0) is 19.7. The Labute approximate surface area is 164 Å². The van der Waals surface area contributed by atoms with Gasteiger partial charge in [-0.15, -0.1) is 0 Å². The molecule has 1 aliphatic carbocycles. The van der Waals surface area contributed by atoms with Crippen LogP contribution >= 0.6 is 0 Å². The van der Waals surface area contributed by atoms with Crippen LogP contribution in [0.25, 0.3) is 22.8 Å². The van der Waals surface area contributed by atoms with E-state index in [1.807, 2.05) is 50.5 Å². The topological polar surface area (TPSA) is 46.4 Å². The van der Waals surface area contributed by atoms with Crippen molar-refractivity contribution in [2.24, 2.45) is 0 Å². The Morgan fingerprint density at radius 3 is 2.21 bits per heavy atom. The second-order valence-corrected chi connectivity index (χ2v) is 6.96. The summed E-state index contributed by atoms with van der Waals surface area (Å²) in [6.07, 6.45) is 6.09. The number of allylic oxidation sites excluding steroid dienone is 2. The number of rotatable bonds is 4. The molecule has 0 unspecified atom stereocenters. The minimum absolute atomic E-state index is 0.112. The van der Waals surface area contributed by atoms with Crippen molar-refractivity contribution in [3.8, 4) is 11.1 Å². The quantitative estimate of drug-likeness (QED) is 0.338. The van der Waals surface area contributed by atoms with Crippen molar-refractivity contribution >= 4 is 23.0 Å². The molecular formula is C24H20N2O2. The average molecular weight is 368 g/mol. The van der Waals surface area contributed by atoms with E-state index in [1.165, 1.54) is 0 Å². The summed E-state index contributed by atoms with van der Waals surface area (Å²) < 4.78 is 0. The lowest BCUT2D eigenvalue weighted by Crippen LogP contribution is -2.07. The van der Waals surface area contributed by atoms with E-state index in [9.17, 15) is 10.1 Å². The molecular weight excluding hydrogens is 348 g/mol. The normalized spacial score (nSPS) is 13.6. The molecule has 0 bridgehead atoms. The van der Waals surface area contributed by atoms with Gasteiger partial charge in [0.1, 0.15) is 0 Å². The Balaban J connectivity index is 1.72. The fourth-order valence-corrected chi connectivity index (χ4v) is 3.52. The summed E-state index contributed by atoms with van der Waals surface area (Å²) in [5.74, 6) is 0. The molecule has 0 spiro atoms. The Kier molecular flexibility index (Phi) is 4.53. The van der Waals surface area contributed by atoms with E-state index >= 15 is 0 Å². The fraction of sp³-hybridized carbons (Fsp3) is 0.0833. The highest BCUT2D eigenvalue weighted by molar-refractivity contribution is 6.02. The van der Waals surface area contributed by atoms with Crippen molar-refractivity contribution in [2.75, 3.05) is 19.0 Å². The molecule has 0 radical (unpaired) electrons. The highest BCUT2D eigenvalue weighted by Gasteiger charge is 2.24. The van der Waals surface area contributed by atoms with Gasteiger partial charge in [0.05, 0.1) is 4.92 Å².